The maximum atomic E-state index is 12.5. The van der Waals surface area contributed by atoms with Crippen LogP contribution in [0, 0.1) is 0 Å². The average Bonchev–Trinajstić information content (AvgIpc) is 2.54. The van der Waals surface area contributed by atoms with E-state index in [1.54, 1.807) is 0 Å². The molecule has 1 heterocycles. The molecule has 0 aromatic heterocycles. The molecule has 1 aliphatic heterocycles. The molecule has 1 aliphatic rings. The molecule has 6 nitrogen and oxygen atoms in total. The highest BCUT2D eigenvalue weighted by Gasteiger charge is 2.25. The molecule has 0 spiro atoms. The van der Waals surface area contributed by atoms with Crippen molar-refractivity contribution in [3.05, 3.63) is 29.8 Å². The van der Waals surface area contributed by atoms with Crippen LogP contribution in [0.25, 0.3) is 0 Å². The fraction of sp³-hybridized carbons (Fsp3) is 0.556. The highest BCUT2D eigenvalue weighted by Crippen LogP contribution is 2.19. The molecule has 0 saturated carbocycles. The number of amides is 3. The molecular weight excluding hydrogens is 304 g/mol. The number of nitrogens with zero attached hydrogens (tertiary/aromatic N) is 2. The minimum absolute atomic E-state index is 0.0287. The molecule has 2 N–H and O–H groups in total. The Morgan fingerprint density at radius 1 is 1.33 bits per heavy atom. The fourth-order valence-corrected chi connectivity index (χ4v) is 3.01. The van der Waals surface area contributed by atoms with Gasteiger partial charge in [0.15, 0.2) is 0 Å². The zero-order chi connectivity index (χ0) is 17.7. The van der Waals surface area contributed by atoms with Crippen LogP contribution >= 0.6 is 0 Å². The first-order valence-electron chi connectivity index (χ1n) is 8.46. The van der Waals surface area contributed by atoms with Gasteiger partial charge >= 0.3 is 6.03 Å². The minimum Gasteiger partial charge on any atom is -0.331 e. The van der Waals surface area contributed by atoms with Crippen molar-refractivity contribution in [2.45, 2.75) is 38.8 Å². The van der Waals surface area contributed by atoms with Crippen LogP contribution in [-0.4, -0.2) is 55.0 Å². The zero-order valence-corrected chi connectivity index (χ0v) is 15.0. The number of likely N-dealkylation sites (N-methyl/N-ethyl adjacent to an activating group) is 1. The van der Waals surface area contributed by atoms with Gasteiger partial charge in [-0.15, -0.1) is 0 Å². The van der Waals surface area contributed by atoms with Crippen LogP contribution in [-0.2, 0) is 4.79 Å². The van der Waals surface area contributed by atoms with Crippen molar-refractivity contribution in [2.75, 3.05) is 32.5 Å². The predicted octanol–water partition coefficient (Wildman–Crippen LogP) is 2.44. The SMILES string of the molecule is CC(=O)Nc1cccc([C@H](C)NC(=O)N2CCC[C@@H](N(C)C)C2)c1. The second kappa shape index (κ2) is 8.15. The average molecular weight is 332 g/mol. The van der Waals surface area contributed by atoms with Gasteiger partial charge in [0, 0.05) is 31.7 Å². The molecule has 24 heavy (non-hydrogen) atoms. The molecule has 0 radical (unpaired) electrons. The molecule has 1 saturated heterocycles. The lowest BCUT2D eigenvalue weighted by Gasteiger charge is -2.36. The van der Waals surface area contributed by atoms with Crippen molar-refractivity contribution in [1.29, 1.82) is 0 Å². The van der Waals surface area contributed by atoms with E-state index >= 15 is 0 Å². The van der Waals surface area contributed by atoms with E-state index in [9.17, 15) is 9.59 Å². The number of hydrogen-bond donors (Lipinski definition) is 2. The number of carbonyl (C=O) groups excluding carboxylic acids is 2. The van der Waals surface area contributed by atoms with E-state index in [1.165, 1.54) is 6.92 Å². The van der Waals surface area contributed by atoms with Gasteiger partial charge < -0.3 is 20.4 Å². The maximum Gasteiger partial charge on any atom is 0.317 e. The number of carbonyl (C=O) groups is 2. The van der Waals surface area contributed by atoms with Gasteiger partial charge in [-0.05, 0) is 51.6 Å². The molecular formula is C18H28N4O2. The molecule has 0 aliphatic carbocycles. The van der Waals surface area contributed by atoms with Crippen LogP contribution in [0.2, 0.25) is 0 Å². The van der Waals surface area contributed by atoms with E-state index in [2.05, 4.69) is 29.6 Å². The molecule has 132 valence electrons. The largest absolute Gasteiger partial charge is 0.331 e. The number of nitrogens with one attached hydrogen (secondary N) is 2. The molecule has 0 bridgehead atoms. The Hall–Kier alpha value is -2.08. The standard InChI is InChI=1S/C18H28N4O2/c1-13(15-7-5-8-16(11-15)20-14(2)23)19-18(24)22-10-6-9-17(12-22)21(3)4/h5,7-8,11,13,17H,6,9-10,12H2,1-4H3,(H,19,24)(H,20,23)/t13-,17+/m0/s1. The molecule has 2 rings (SSSR count). The van der Waals surface area contributed by atoms with Crippen LogP contribution in [0.5, 0.6) is 0 Å². The van der Waals surface area contributed by atoms with Crippen LogP contribution in [0.4, 0.5) is 10.5 Å². The summed E-state index contributed by atoms with van der Waals surface area (Å²) in [6, 6.07) is 7.84. The van der Waals surface area contributed by atoms with Crippen molar-refractivity contribution in [1.82, 2.24) is 15.1 Å². The topological polar surface area (TPSA) is 64.7 Å². The second-order valence-electron chi connectivity index (χ2n) is 6.68. The van der Waals surface area contributed by atoms with Gasteiger partial charge in [-0.1, -0.05) is 12.1 Å². The minimum atomic E-state index is -0.119. The molecule has 3 amide bonds. The second-order valence-corrected chi connectivity index (χ2v) is 6.68. The zero-order valence-electron chi connectivity index (χ0n) is 15.0. The van der Waals surface area contributed by atoms with Crippen molar-refractivity contribution in [3.8, 4) is 0 Å². The Balaban J connectivity index is 1.97. The van der Waals surface area contributed by atoms with E-state index in [0.717, 1.165) is 37.2 Å². The van der Waals surface area contributed by atoms with Crippen LogP contribution in [0.1, 0.15) is 38.3 Å². The summed E-state index contributed by atoms with van der Waals surface area (Å²) in [5, 5.41) is 5.83. The number of likely N-dealkylation sites (tertiary alicyclic amines) is 1. The van der Waals surface area contributed by atoms with Crippen molar-refractivity contribution >= 4 is 17.6 Å². The summed E-state index contributed by atoms with van der Waals surface area (Å²) < 4.78 is 0. The fourth-order valence-electron chi connectivity index (χ4n) is 3.01. The first-order valence-corrected chi connectivity index (χ1v) is 8.46. The van der Waals surface area contributed by atoms with E-state index in [-0.39, 0.29) is 18.0 Å². The van der Waals surface area contributed by atoms with E-state index in [4.69, 9.17) is 0 Å². The Labute approximate surface area is 144 Å². The normalized spacial score (nSPS) is 19.0. The third-order valence-corrected chi connectivity index (χ3v) is 4.46. The Kier molecular flexibility index (Phi) is 6.20. The van der Waals surface area contributed by atoms with Gasteiger partial charge in [0.2, 0.25) is 5.91 Å². The van der Waals surface area contributed by atoms with Gasteiger partial charge in [-0.25, -0.2) is 4.79 Å². The lowest BCUT2D eigenvalue weighted by atomic mass is 10.0. The molecule has 1 fully saturated rings. The molecule has 6 heteroatoms. The van der Waals surface area contributed by atoms with Crippen LogP contribution in [0.15, 0.2) is 24.3 Å². The first-order chi connectivity index (χ1) is 11.4. The summed E-state index contributed by atoms with van der Waals surface area (Å²) in [5.41, 5.74) is 1.71. The monoisotopic (exact) mass is 332 g/mol. The number of urea groups is 1. The summed E-state index contributed by atoms with van der Waals surface area (Å²) in [4.78, 5) is 27.8. The smallest absolute Gasteiger partial charge is 0.317 e. The number of benzene rings is 1. The van der Waals surface area contributed by atoms with Crippen LogP contribution in [0.3, 0.4) is 0 Å². The third kappa shape index (κ3) is 4.96. The summed E-state index contributed by atoms with van der Waals surface area (Å²) in [6.45, 7) is 5.00. The highest BCUT2D eigenvalue weighted by molar-refractivity contribution is 5.88. The number of piperidine rings is 1. The number of hydrogen-bond acceptors (Lipinski definition) is 3. The molecule has 0 unspecified atom stereocenters. The van der Waals surface area contributed by atoms with Crippen molar-refractivity contribution in [2.24, 2.45) is 0 Å². The van der Waals surface area contributed by atoms with Gasteiger partial charge in [-0.3, -0.25) is 4.79 Å². The van der Waals surface area contributed by atoms with Crippen LogP contribution < -0.4 is 10.6 Å². The first kappa shape index (κ1) is 18.3. The summed E-state index contributed by atoms with van der Waals surface area (Å²) >= 11 is 0. The van der Waals surface area contributed by atoms with E-state index in [1.807, 2.05) is 36.1 Å². The van der Waals surface area contributed by atoms with Gasteiger partial charge in [0.1, 0.15) is 0 Å². The van der Waals surface area contributed by atoms with Crippen molar-refractivity contribution < 1.29 is 9.59 Å². The van der Waals surface area contributed by atoms with Gasteiger partial charge in [0.25, 0.3) is 0 Å². The quantitative estimate of drug-likeness (QED) is 0.890. The van der Waals surface area contributed by atoms with E-state index in [0.29, 0.717) is 6.04 Å². The lowest BCUT2D eigenvalue weighted by molar-refractivity contribution is -0.114. The lowest BCUT2D eigenvalue weighted by Crippen LogP contribution is -2.51. The molecule has 2 atom stereocenters. The molecule has 1 aromatic carbocycles. The summed E-state index contributed by atoms with van der Waals surface area (Å²) in [6.07, 6.45) is 2.16. The van der Waals surface area contributed by atoms with Gasteiger partial charge in [-0.2, -0.15) is 0 Å². The third-order valence-electron chi connectivity index (χ3n) is 4.46. The Morgan fingerprint density at radius 2 is 2.08 bits per heavy atom. The highest BCUT2D eigenvalue weighted by atomic mass is 16.2. The van der Waals surface area contributed by atoms with Gasteiger partial charge in [0.05, 0.1) is 6.04 Å². The summed E-state index contributed by atoms with van der Waals surface area (Å²) in [7, 11) is 4.12. The predicted molar refractivity (Wildman–Crippen MR) is 96.0 cm³/mol. The maximum absolute atomic E-state index is 12.5. The summed E-state index contributed by atoms with van der Waals surface area (Å²) in [5.74, 6) is -0.105. The number of anilines is 1. The Bertz CT molecular complexity index is 588. The number of rotatable bonds is 4. The van der Waals surface area contributed by atoms with Crippen molar-refractivity contribution in [3.63, 3.8) is 0 Å². The van der Waals surface area contributed by atoms with E-state index < -0.39 is 0 Å². The molecule has 1 aromatic rings. The Morgan fingerprint density at radius 3 is 2.75 bits per heavy atom.